The van der Waals surface area contributed by atoms with E-state index in [2.05, 4.69) is 149 Å². The molecule has 1 atom stereocenters. The maximum Gasteiger partial charge on any atom is 0.254 e. The molecule has 7 heteroatoms. The van der Waals surface area contributed by atoms with E-state index in [9.17, 15) is 9.59 Å². The molecular formula is C37H41BN2O2Si2. The highest BCUT2D eigenvalue weighted by Gasteiger charge is 2.63. The average molecular weight is 613 g/mol. The lowest BCUT2D eigenvalue weighted by molar-refractivity contribution is 0.255. The molecule has 4 nitrogen and oxygen atoms in total. The van der Waals surface area contributed by atoms with Gasteiger partial charge in [0.25, 0.3) is 6.03 Å². The lowest BCUT2D eigenvalue weighted by atomic mass is 9.81. The highest BCUT2D eigenvalue weighted by Crippen LogP contribution is 2.48. The van der Waals surface area contributed by atoms with Crippen LogP contribution in [0.5, 0.6) is 0 Å². The van der Waals surface area contributed by atoms with Crippen molar-refractivity contribution in [1.29, 1.82) is 0 Å². The number of fused-ring (bicyclic) bond motifs is 1. The molecule has 1 heterocycles. The molecule has 4 aromatic carbocycles. The first-order chi connectivity index (χ1) is 20.8. The second kappa shape index (κ2) is 10.9. The Morgan fingerprint density at radius 3 is 1.84 bits per heavy atom. The van der Waals surface area contributed by atoms with Crippen LogP contribution >= 0.6 is 0 Å². The summed E-state index contributed by atoms with van der Waals surface area (Å²) in [5.41, 5.74) is 10.5. The van der Waals surface area contributed by atoms with Crippen molar-refractivity contribution in [2.75, 3.05) is 0 Å². The van der Waals surface area contributed by atoms with Gasteiger partial charge in [0.15, 0.2) is 11.1 Å². The van der Waals surface area contributed by atoms with Crippen molar-refractivity contribution in [3.05, 3.63) is 114 Å². The summed E-state index contributed by atoms with van der Waals surface area (Å²) in [7, 11) is -4.70. The molecule has 0 bridgehead atoms. The quantitative estimate of drug-likeness (QED) is 0.213. The van der Waals surface area contributed by atoms with Crippen molar-refractivity contribution < 1.29 is 9.59 Å². The van der Waals surface area contributed by atoms with Gasteiger partial charge in [-0.1, -0.05) is 132 Å². The third kappa shape index (κ3) is 5.22. The number of carbonyl (C=O) groups excluding carboxylic acids is 2. The Hall–Kier alpha value is -3.94. The lowest BCUT2D eigenvalue weighted by Gasteiger charge is -2.46. The van der Waals surface area contributed by atoms with Gasteiger partial charge in [-0.2, -0.15) is 0 Å². The number of nitrogens with one attached hydrogen (secondary N) is 2. The summed E-state index contributed by atoms with van der Waals surface area (Å²) >= 11 is 0. The molecule has 44 heavy (non-hydrogen) atoms. The summed E-state index contributed by atoms with van der Waals surface area (Å²) in [6.45, 7) is 15.1. The third-order valence-corrected chi connectivity index (χ3v) is 19.7. The number of hydrogen-bond donors (Lipinski definition) is 2. The first-order valence-corrected chi connectivity index (χ1v) is 21.7. The molecule has 0 radical (unpaired) electrons. The fourth-order valence-electron chi connectivity index (χ4n) is 6.95. The van der Waals surface area contributed by atoms with Crippen LogP contribution in [0.2, 0.25) is 26.2 Å². The molecule has 4 aromatic rings. The van der Waals surface area contributed by atoms with Gasteiger partial charge in [0, 0.05) is 0 Å². The van der Waals surface area contributed by atoms with Crippen molar-refractivity contribution in [2.45, 2.75) is 53.0 Å². The molecule has 2 N–H and O–H groups in total. The van der Waals surface area contributed by atoms with E-state index < -0.39 is 15.9 Å². The van der Waals surface area contributed by atoms with Crippen LogP contribution in [0, 0.1) is 5.41 Å². The maximum atomic E-state index is 14.3. The zero-order valence-corrected chi connectivity index (χ0v) is 28.8. The van der Waals surface area contributed by atoms with Crippen LogP contribution in [0.4, 0.5) is 9.59 Å². The fraction of sp³-hybridized carbons (Fsp3) is 0.243. The average Bonchev–Trinajstić information content (AvgIpc) is 3.39. The predicted octanol–water partition coefficient (Wildman–Crippen LogP) is 9.33. The molecule has 0 aromatic heterocycles. The minimum atomic E-state index is -2.53. The first kappa shape index (κ1) is 30.1. The highest BCUT2D eigenvalue weighted by atomic mass is 28.4. The Morgan fingerprint density at radius 1 is 0.795 bits per heavy atom. The van der Waals surface area contributed by atoms with Gasteiger partial charge < -0.3 is 10.5 Å². The summed E-state index contributed by atoms with van der Waals surface area (Å²) in [5, 5.41) is 6.69. The van der Waals surface area contributed by atoms with E-state index in [0.29, 0.717) is 0 Å². The molecule has 222 valence electrons. The molecule has 1 unspecified atom stereocenters. The van der Waals surface area contributed by atoms with Crippen LogP contribution in [-0.4, -0.2) is 33.0 Å². The molecule has 1 saturated heterocycles. The molecule has 2 amide bonds. The van der Waals surface area contributed by atoms with Crippen molar-refractivity contribution in [3.8, 4) is 33.4 Å². The second-order valence-corrected chi connectivity index (χ2v) is 24.0. The Morgan fingerprint density at radius 2 is 1.34 bits per heavy atom. The number of hydrogen-bond acceptors (Lipinski definition) is 2. The maximum absolute atomic E-state index is 14.3. The van der Waals surface area contributed by atoms with Gasteiger partial charge in [-0.3, -0.25) is 9.59 Å². The van der Waals surface area contributed by atoms with Gasteiger partial charge in [0.2, 0.25) is 0 Å². The monoisotopic (exact) mass is 612 g/mol. The van der Waals surface area contributed by atoms with Crippen molar-refractivity contribution in [1.82, 2.24) is 10.5 Å². The fourth-order valence-corrected chi connectivity index (χ4v) is 17.4. The van der Waals surface area contributed by atoms with E-state index >= 15 is 0 Å². The summed E-state index contributed by atoms with van der Waals surface area (Å²) in [6, 6.07) is 34.1. The summed E-state index contributed by atoms with van der Waals surface area (Å²) in [6.07, 6.45) is 2.28. The molecule has 2 aliphatic rings. The third-order valence-electron chi connectivity index (χ3n) is 9.54. The largest absolute Gasteiger partial charge is 0.408 e. The summed E-state index contributed by atoms with van der Waals surface area (Å²) in [4.78, 5) is 26.7. The highest BCUT2D eigenvalue weighted by molar-refractivity contribution is 7.75. The number of benzene rings is 4. The van der Waals surface area contributed by atoms with Gasteiger partial charge >= 0.3 is 0 Å². The van der Waals surface area contributed by atoms with Gasteiger partial charge in [-0.05, 0) is 73.7 Å². The van der Waals surface area contributed by atoms with E-state index in [1.54, 1.807) is 0 Å². The minimum Gasteiger partial charge on any atom is -0.408 e. The number of amides is 2. The van der Waals surface area contributed by atoms with Crippen LogP contribution in [0.25, 0.3) is 39.5 Å². The van der Waals surface area contributed by atoms with Crippen LogP contribution in [0.3, 0.4) is 0 Å². The topological polar surface area (TPSA) is 58.2 Å². The SMILES string of the molecule is CC(C)(C)C1=Cc2cccc(-c3cc(-c4ccccc4)cc(-c4ccccc4)c3)c2C1NC(=O)[Si](C)(C)B1NC(=O)[Si]1(C)C. The second-order valence-electron chi connectivity index (χ2n) is 14.4. The molecule has 0 saturated carbocycles. The number of rotatable bonds is 6. The molecule has 1 aliphatic carbocycles. The van der Waals surface area contributed by atoms with Gasteiger partial charge in [0.1, 0.15) is 15.9 Å². The molecule has 1 fully saturated rings. The minimum absolute atomic E-state index is 0.0247. The van der Waals surface area contributed by atoms with E-state index in [4.69, 9.17) is 0 Å². The Kier molecular flexibility index (Phi) is 7.45. The van der Waals surface area contributed by atoms with Crippen LogP contribution in [0.15, 0.2) is 103 Å². The van der Waals surface area contributed by atoms with Crippen LogP contribution in [0.1, 0.15) is 37.9 Å². The van der Waals surface area contributed by atoms with Crippen LogP contribution in [-0.2, 0) is 0 Å². The smallest absolute Gasteiger partial charge is 0.254 e. The number of carbonyl (C=O) groups is 2. The first-order valence-electron chi connectivity index (χ1n) is 15.5. The van der Waals surface area contributed by atoms with Gasteiger partial charge in [-0.25, -0.2) is 0 Å². The zero-order valence-electron chi connectivity index (χ0n) is 26.8. The van der Waals surface area contributed by atoms with E-state index in [-0.39, 0.29) is 28.6 Å². The molecule has 6 rings (SSSR count). The van der Waals surface area contributed by atoms with E-state index in [1.807, 2.05) is 12.1 Å². The summed E-state index contributed by atoms with van der Waals surface area (Å²) < 4.78 is 0. The molecular weight excluding hydrogens is 571 g/mol. The Bertz CT molecular complexity index is 1740. The molecule has 0 spiro atoms. The Labute approximate surface area is 264 Å². The van der Waals surface area contributed by atoms with Gasteiger partial charge in [0.05, 0.1) is 6.04 Å². The lowest BCUT2D eigenvalue weighted by Crippen LogP contribution is -2.87. The standard InChI is InChI=1S/C37H41BN2O2Si2/c1-37(2,3)32-24-27-19-14-20-31(33(27)34(32)39-35(41)43(4,5)38-40-36(42)44(38,6)7)30-22-28(25-15-10-8-11-16-25)21-29(23-30)26-17-12-9-13-18-26/h8-24,34H,1-7H3,(H,39,41)(H,40,42). The predicted molar refractivity (Wildman–Crippen MR) is 191 cm³/mol. The van der Waals surface area contributed by atoms with E-state index in [0.717, 1.165) is 33.4 Å². The van der Waals surface area contributed by atoms with Crippen LogP contribution < -0.4 is 10.5 Å². The molecule has 1 aliphatic heterocycles. The Balaban J connectivity index is 1.48. The van der Waals surface area contributed by atoms with Crippen molar-refractivity contribution >= 4 is 39.1 Å². The van der Waals surface area contributed by atoms with Gasteiger partial charge in [-0.15, -0.1) is 0 Å². The normalized spacial score (nSPS) is 17.3. The zero-order chi connectivity index (χ0) is 31.4. The van der Waals surface area contributed by atoms with Crippen molar-refractivity contribution in [2.24, 2.45) is 5.41 Å². The summed E-state index contributed by atoms with van der Waals surface area (Å²) in [5.74, 6) is 0. The van der Waals surface area contributed by atoms with E-state index in [1.165, 1.54) is 16.7 Å². The van der Waals surface area contributed by atoms with Crippen molar-refractivity contribution in [3.63, 3.8) is 0 Å².